The number of alkyl carbamates (subject to hydrolysis) is 1. The van der Waals surface area contributed by atoms with Gasteiger partial charge in [-0.2, -0.15) is 5.48 Å². The minimum Gasteiger partial charge on any atom is -0.492 e. The molecule has 6 rings (SSSR count). The molecule has 1 aromatic carbocycles. The van der Waals surface area contributed by atoms with Crippen LogP contribution in [0.2, 0.25) is 0 Å². The summed E-state index contributed by atoms with van der Waals surface area (Å²) < 4.78 is 72.8. The number of amides is 1. The Labute approximate surface area is 520 Å². The summed E-state index contributed by atoms with van der Waals surface area (Å²) in [7, 11) is 11.4. The number of carbonyl (C=O) groups excluding carboxylic acids is 3. The van der Waals surface area contributed by atoms with E-state index in [1.807, 2.05) is 35.8 Å². The molecule has 0 spiro atoms. The van der Waals surface area contributed by atoms with Crippen molar-refractivity contribution in [1.29, 1.82) is 0 Å². The van der Waals surface area contributed by atoms with Crippen LogP contribution in [-0.4, -0.2) is 225 Å². The van der Waals surface area contributed by atoms with E-state index < -0.39 is 132 Å². The molecule has 0 radical (unpaired) electrons. The maximum absolute atomic E-state index is 14.4. The van der Waals surface area contributed by atoms with Gasteiger partial charge in [0.25, 0.3) is 0 Å². The largest absolute Gasteiger partial charge is 0.492 e. The van der Waals surface area contributed by atoms with Gasteiger partial charge in [-0.05, 0) is 104 Å². The lowest BCUT2D eigenvalue weighted by Gasteiger charge is -2.48. The Morgan fingerprint density at radius 3 is 2.26 bits per heavy atom. The normalized spacial score (nSPS) is 36.4. The fraction of sp³-hybridized carbons (Fsp3) is 0.727. The van der Waals surface area contributed by atoms with Crippen molar-refractivity contribution in [2.75, 3.05) is 60.7 Å². The lowest BCUT2D eigenvalue weighted by molar-refractivity contribution is -0.339. The van der Waals surface area contributed by atoms with Crippen molar-refractivity contribution in [3.8, 4) is 29.1 Å². The van der Waals surface area contributed by atoms with E-state index in [0.29, 0.717) is 27.0 Å². The molecule has 84 heavy (non-hydrogen) atoms. The number of allylic oxidation sites excluding steroid dienone is 2. The summed E-state index contributed by atoms with van der Waals surface area (Å²) >= 11 is 2.84. The van der Waals surface area contributed by atoms with Crippen LogP contribution in [0.5, 0.6) is 17.2 Å². The minimum atomic E-state index is -1.69. The van der Waals surface area contributed by atoms with E-state index in [2.05, 4.69) is 28.0 Å². The Kier molecular flexibility index (Phi) is 27.8. The molecule has 4 saturated heterocycles. The van der Waals surface area contributed by atoms with Crippen LogP contribution in [0, 0.1) is 28.3 Å². The summed E-state index contributed by atoms with van der Waals surface area (Å²) in [5, 5.41) is 62.6. The highest BCUT2D eigenvalue weighted by atomic mass is 127. The molecule has 4 aliphatic heterocycles. The third-order valence-corrected chi connectivity index (χ3v) is 21.6. The van der Waals surface area contributed by atoms with Gasteiger partial charge in [-0.25, -0.2) is 4.79 Å². The van der Waals surface area contributed by atoms with Crippen LogP contribution in [-0.2, 0) is 52.3 Å². The molecular formula is C55H82IN3O21S4. The Morgan fingerprint density at radius 1 is 0.917 bits per heavy atom. The summed E-state index contributed by atoms with van der Waals surface area (Å²) in [6.07, 6.45) is -10.7. The number of rotatable bonds is 23. The summed E-state index contributed by atoms with van der Waals surface area (Å²) in [6, 6.07) is -2.52. The maximum Gasteiger partial charge on any atom is 0.407 e. The number of hydrogen-bond acceptors (Lipinski definition) is 27. The number of benzene rings is 1. The van der Waals surface area contributed by atoms with Crippen LogP contribution in [0.15, 0.2) is 23.8 Å². The summed E-state index contributed by atoms with van der Waals surface area (Å²) in [6.45, 7) is 12.8. The number of aliphatic hydroxyl groups excluding tert-OH is 4. The van der Waals surface area contributed by atoms with Gasteiger partial charge in [0.2, 0.25) is 17.2 Å². The number of thioether (sulfide) groups is 1. The van der Waals surface area contributed by atoms with E-state index in [4.69, 9.17) is 61.7 Å². The number of hydrogen-bond donors (Lipinski definition) is 8. The first-order valence-corrected chi connectivity index (χ1v) is 33.4. The van der Waals surface area contributed by atoms with Gasteiger partial charge >= 0.3 is 6.09 Å². The van der Waals surface area contributed by atoms with Crippen molar-refractivity contribution in [1.82, 2.24) is 16.1 Å². The predicted molar refractivity (Wildman–Crippen MR) is 323 cm³/mol. The van der Waals surface area contributed by atoms with Crippen molar-refractivity contribution in [2.24, 2.45) is 5.92 Å². The molecule has 29 heteroatoms. The Bertz CT molecular complexity index is 2480. The predicted octanol–water partition coefficient (Wildman–Crippen LogP) is 3.95. The SMILES string of the molecule is C/C=C\C#CC(OC1OC(C)C(NOC2CC(O)C(SC(=O)c3c(C)c(I)c(OC4OC(C)C(O)C(OC)C4O)c(OC)c3OC)C(C)O2)C(O)C1OC1CC(OC)C(NCC)CO1)C1/C(=C\CSSSC)[C@@](C)(O)CC(=O)C1NC(=O)OC. The van der Waals surface area contributed by atoms with Crippen molar-refractivity contribution in [3.63, 3.8) is 0 Å². The first kappa shape index (κ1) is 70.8. The molecule has 4 heterocycles. The fourth-order valence-electron chi connectivity index (χ4n) is 10.9. The first-order valence-electron chi connectivity index (χ1n) is 27.4. The lowest BCUT2D eigenvalue weighted by Crippen LogP contribution is -2.66. The van der Waals surface area contributed by atoms with Crippen molar-refractivity contribution in [3.05, 3.63) is 38.5 Å². The van der Waals surface area contributed by atoms with Gasteiger partial charge in [-0.15, -0.1) is 0 Å². The van der Waals surface area contributed by atoms with Crippen LogP contribution >= 0.6 is 65.8 Å². The molecule has 20 unspecified atom stereocenters. The highest BCUT2D eigenvalue weighted by Crippen LogP contribution is 2.49. The van der Waals surface area contributed by atoms with E-state index in [9.17, 15) is 39.9 Å². The monoisotopic (exact) mass is 1380 g/mol. The quantitative estimate of drug-likeness (QED) is 0.0192. The molecule has 24 nitrogen and oxygen atoms in total. The Hall–Kier alpha value is -2.24. The summed E-state index contributed by atoms with van der Waals surface area (Å²) in [5.41, 5.74) is 2.18. The molecule has 5 fully saturated rings. The average Bonchev–Trinajstić information content (AvgIpc) is 3.57. The smallest absolute Gasteiger partial charge is 0.407 e. The van der Waals surface area contributed by atoms with E-state index in [-0.39, 0.29) is 60.8 Å². The fourth-order valence-corrected chi connectivity index (χ4v) is 15.1. The van der Waals surface area contributed by atoms with Gasteiger partial charge in [-0.1, -0.05) is 64.3 Å². The highest BCUT2D eigenvalue weighted by Gasteiger charge is 2.54. The molecule has 1 aliphatic carbocycles. The van der Waals surface area contributed by atoms with Crippen molar-refractivity contribution in [2.45, 2.75) is 189 Å². The lowest BCUT2D eigenvalue weighted by atomic mass is 9.68. The summed E-state index contributed by atoms with van der Waals surface area (Å²) in [5.74, 6) is 5.05. The number of hydroxylamine groups is 1. The van der Waals surface area contributed by atoms with Crippen molar-refractivity contribution < 1.29 is 102 Å². The van der Waals surface area contributed by atoms with Crippen LogP contribution < -0.4 is 30.3 Å². The number of aliphatic hydroxyl groups is 5. The number of halogens is 1. The number of ether oxygens (including phenoxy) is 12. The standard InChI is InChI=1S/C55H82IN3O21S4/c1-14-16-17-18-33(38-29(19-20-82-84-81-13)55(7,67)23-32(61)41(38)58-54(66)72-12)77-53-48(78-35-22-34(68-8)30(24-73-35)57-15-2)43(63)40(26(4)75-53)59-80-36-21-31(60)50(28(6)74-36)83-51(65)37-25(3)39(56)46(49(71-11)45(37)69-9)79-52-44(64)47(70-10)42(62)27(5)76-52/h14,16,19,26-28,30-31,33-36,38,40-44,47-48,50,52-53,57,59-60,62-64,67H,15,20-24H2,1-13H3,(H,58,66)/b16-14-,29-19+/t26?,27?,28?,30?,31?,33?,34?,35?,36?,38?,40?,41?,42?,43?,44?,47?,48?,50?,52?,53?,55-/m0/s1. The minimum absolute atomic E-state index is 0.0312. The third kappa shape index (κ3) is 17.0. The average molecular weight is 1380 g/mol. The van der Waals surface area contributed by atoms with Gasteiger partial charge in [0, 0.05) is 45.2 Å². The van der Waals surface area contributed by atoms with Crippen LogP contribution in [0.3, 0.4) is 0 Å². The first-order chi connectivity index (χ1) is 40.0. The second-order valence-corrected chi connectivity index (χ2v) is 27.4. The topological polar surface area (TPSA) is 308 Å². The van der Waals surface area contributed by atoms with Gasteiger partial charge in [-0.3, -0.25) is 14.4 Å². The molecule has 1 aromatic rings. The maximum atomic E-state index is 14.4. The number of Topliss-reactive ketones (excluding diaryl/α,β-unsaturated/α-hetero) is 1. The second kappa shape index (κ2) is 33.0. The van der Waals surface area contributed by atoms with E-state index in [0.717, 1.165) is 11.8 Å². The number of likely N-dealkylation sites (N-methyl/N-ethyl adjacent to an activating group) is 1. The number of carbonyl (C=O) groups is 3. The molecule has 1 amide bonds. The molecule has 474 valence electrons. The zero-order chi connectivity index (χ0) is 61.7. The molecule has 0 bridgehead atoms. The molecule has 5 aliphatic rings. The van der Waals surface area contributed by atoms with Crippen molar-refractivity contribution >= 4 is 82.8 Å². The molecule has 8 N–H and O–H groups in total. The molecule has 0 aromatic heterocycles. The highest BCUT2D eigenvalue weighted by molar-refractivity contribution is 14.1. The van der Waals surface area contributed by atoms with Crippen LogP contribution in [0.4, 0.5) is 4.79 Å². The molecule has 21 atom stereocenters. The van der Waals surface area contributed by atoms with Gasteiger partial charge in [0.15, 0.2) is 36.2 Å². The number of nitrogens with one attached hydrogen (secondary N) is 3. The van der Waals surface area contributed by atoms with Gasteiger partial charge in [0.1, 0.15) is 42.7 Å². The zero-order valence-corrected chi connectivity index (χ0v) is 54.7. The van der Waals surface area contributed by atoms with Crippen LogP contribution in [0.25, 0.3) is 0 Å². The van der Waals surface area contributed by atoms with Gasteiger partial charge in [0.05, 0.1) is 90.5 Å². The van der Waals surface area contributed by atoms with E-state index in [1.54, 1.807) is 70.8 Å². The zero-order valence-electron chi connectivity index (χ0n) is 49.3. The Balaban J connectivity index is 1.24. The molecule has 1 saturated carbocycles. The second-order valence-electron chi connectivity index (χ2n) is 20.7. The number of methoxy groups -OCH3 is 5. The van der Waals surface area contributed by atoms with Gasteiger partial charge < -0.3 is 93.0 Å². The number of ketones is 1. The van der Waals surface area contributed by atoms with Crippen LogP contribution in [0.1, 0.15) is 76.7 Å². The third-order valence-electron chi connectivity index (χ3n) is 15.1. The molecular weight excluding hydrogens is 1290 g/mol. The Morgan fingerprint density at radius 2 is 1.63 bits per heavy atom. The van der Waals surface area contributed by atoms with E-state index >= 15 is 0 Å². The summed E-state index contributed by atoms with van der Waals surface area (Å²) in [4.78, 5) is 47.6. The van der Waals surface area contributed by atoms with E-state index in [1.165, 1.54) is 56.0 Å².